The average molecular weight is 238 g/mol. The van der Waals surface area contributed by atoms with Crippen molar-refractivity contribution in [3.8, 4) is 0 Å². The van der Waals surface area contributed by atoms with Crippen LogP contribution in [0.15, 0.2) is 6.07 Å². The zero-order chi connectivity index (χ0) is 13.0. The number of carbonyl (C=O) groups is 1. The first kappa shape index (κ1) is 13.0. The van der Waals surface area contributed by atoms with Crippen LogP contribution in [-0.4, -0.2) is 29.0 Å². The van der Waals surface area contributed by atoms with Gasteiger partial charge in [0.1, 0.15) is 17.7 Å². The highest BCUT2D eigenvalue weighted by atomic mass is 16.1. The van der Waals surface area contributed by atoms with Gasteiger partial charge in [0, 0.05) is 13.1 Å². The van der Waals surface area contributed by atoms with Crippen molar-refractivity contribution in [2.24, 2.45) is 11.7 Å². The molecule has 1 rings (SSSR count). The average Bonchev–Trinajstić information content (AvgIpc) is 2.24. The molecule has 17 heavy (non-hydrogen) atoms. The van der Waals surface area contributed by atoms with Crippen molar-refractivity contribution in [1.82, 2.24) is 9.97 Å². The van der Waals surface area contributed by atoms with E-state index in [1.54, 1.807) is 13.1 Å². The molecule has 1 heterocycles. The zero-order valence-electron chi connectivity index (χ0n) is 10.2. The SMILES string of the molecule is CNc1cc(NC(C(N)=O)C(C)C)nc(N)n1. The van der Waals surface area contributed by atoms with Gasteiger partial charge in [-0.25, -0.2) is 0 Å². The fraction of sp³-hybridized carbons (Fsp3) is 0.500. The highest BCUT2D eigenvalue weighted by Gasteiger charge is 2.19. The van der Waals surface area contributed by atoms with E-state index in [1.807, 2.05) is 13.8 Å². The molecule has 94 valence electrons. The summed E-state index contributed by atoms with van der Waals surface area (Å²) in [7, 11) is 1.72. The predicted octanol–water partition coefficient (Wildman–Crippen LogP) is 0.0223. The molecule has 0 spiro atoms. The minimum Gasteiger partial charge on any atom is -0.373 e. The second-order valence-electron chi connectivity index (χ2n) is 4.02. The summed E-state index contributed by atoms with van der Waals surface area (Å²) >= 11 is 0. The Morgan fingerprint density at radius 1 is 1.35 bits per heavy atom. The highest BCUT2D eigenvalue weighted by molar-refractivity contribution is 5.83. The molecule has 1 aromatic rings. The maximum atomic E-state index is 11.3. The first-order chi connectivity index (χ1) is 7.93. The molecule has 0 radical (unpaired) electrons. The first-order valence-corrected chi connectivity index (χ1v) is 5.32. The monoisotopic (exact) mass is 238 g/mol. The van der Waals surface area contributed by atoms with Crippen LogP contribution in [0.25, 0.3) is 0 Å². The lowest BCUT2D eigenvalue weighted by Crippen LogP contribution is -2.39. The van der Waals surface area contributed by atoms with E-state index in [4.69, 9.17) is 11.5 Å². The minimum absolute atomic E-state index is 0.0572. The summed E-state index contributed by atoms with van der Waals surface area (Å²) in [4.78, 5) is 19.2. The van der Waals surface area contributed by atoms with Gasteiger partial charge in [-0.2, -0.15) is 9.97 Å². The van der Waals surface area contributed by atoms with Gasteiger partial charge >= 0.3 is 0 Å². The Balaban J connectivity index is 2.93. The van der Waals surface area contributed by atoms with E-state index >= 15 is 0 Å². The smallest absolute Gasteiger partial charge is 0.240 e. The standard InChI is InChI=1S/C10H18N6O/c1-5(2)8(9(11)17)14-7-4-6(13-3)15-10(12)16-7/h4-5,8H,1-3H3,(H2,11,17)(H4,12,13,14,15,16). The van der Waals surface area contributed by atoms with E-state index in [2.05, 4.69) is 20.6 Å². The number of nitrogens with two attached hydrogens (primary N) is 2. The van der Waals surface area contributed by atoms with Crippen molar-refractivity contribution >= 4 is 23.5 Å². The van der Waals surface area contributed by atoms with E-state index in [0.29, 0.717) is 11.6 Å². The lowest BCUT2D eigenvalue weighted by Gasteiger charge is -2.19. The number of nitrogens with one attached hydrogen (secondary N) is 2. The first-order valence-electron chi connectivity index (χ1n) is 5.32. The maximum absolute atomic E-state index is 11.3. The van der Waals surface area contributed by atoms with Crippen LogP contribution in [0.1, 0.15) is 13.8 Å². The van der Waals surface area contributed by atoms with Gasteiger partial charge in [-0.15, -0.1) is 0 Å². The minimum atomic E-state index is -0.492. The molecule has 1 atom stereocenters. The number of hydrogen-bond donors (Lipinski definition) is 4. The normalized spacial score (nSPS) is 12.2. The maximum Gasteiger partial charge on any atom is 0.240 e. The molecule has 1 aromatic heterocycles. The summed E-state index contributed by atoms with van der Waals surface area (Å²) in [6, 6.07) is 1.17. The van der Waals surface area contributed by atoms with E-state index in [1.165, 1.54) is 0 Å². The van der Waals surface area contributed by atoms with E-state index in [0.717, 1.165) is 0 Å². The second-order valence-corrected chi connectivity index (χ2v) is 4.02. The van der Waals surface area contributed by atoms with Gasteiger partial charge in [-0.1, -0.05) is 13.8 Å². The van der Waals surface area contributed by atoms with Crippen molar-refractivity contribution in [2.75, 3.05) is 23.4 Å². The van der Waals surface area contributed by atoms with Crippen molar-refractivity contribution in [3.63, 3.8) is 0 Å². The summed E-state index contributed by atoms with van der Waals surface area (Å²) in [6.07, 6.45) is 0. The highest BCUT2D eigenvalue weighted by Crippen LogP contribution is 2.15. The fourth-order valence-electron chi connectivity index (χ4n) is 1.39. The Bertz CT molecular complexity index is 406. The van der Waals surface area contributed by atoms with Crippen LogP contribution >= 0.6 is 0 Å². The molecule has 0 fully saturated rings. The zero-order valence-corrected chi connectivity index (χ0v) is 10.2. The molecule has 0 saturated heterocycles. The number of amides is 1. The van der Waals surface area contributed by atoms with Crippen molar-refractivity contribution < 1.29 is 4.79 Å². The van der Waals surface area contributed by atoms with Crippen molar-refractivity contribution in [2.45, 2.75) is 19.9 Å². The van der Waals surface area contributed by atoms with Crippen LogP contribution in [0.3, 0.4) is 0 Å². The van der Waals surface area contributed by atoms with Gasteiger partial charge in [0.25, 0.3) is 0 Å². The molecule has 7 heteroatoms. The molecular weight excluding hydrogens is 220 g/mol. The van der Waals surface area contributed by atoms with Crippen molar-refractivity contribution in [3.05, 3.63) is 6.07 Å². The molecule has 7 nitrogen and oxygen atoms in total. The predicted molar refractivity (Wildman–Crippen MR) is 67.4 cm³/mol. The molecule has 0 aliphatic carbocycles. The summed E-state index contributed by atoms with van der Waals surface area (Å²) < 4.78 is 0. The number of aromatic nitrogens is 2. The van der Waals surface area contributed by atoms with Gasteiger partial charge in [-0.05, 0) is 5.92 Å². The summed E-state index contributed by atoms with van der Waals surface area (Å²) in [5, 5.41) is 5.80. The Morgan fingerprint density at radius 2 is 1.94 bits per heavy atom. The van der Waals surface area contributed by atoms with E-state index in [9.17, 15) is 4.79 Å². The largest absolute Gasteiger partial charge is 0.373 e. The van der Waals surface area contributed by atoms with Crippen LogP contribution in [0.5, 0.6) is 0 Å². The molecule has 0 bridgehead atoms. The van der Waals surface area contributed by atoms with Gasteiger partial charge in [0.05, 0.1) is 0 Å². The molecule has 0 aliphatic heterocycles. The summed E-state index contributed by atoms with van der Waals surface area (Å²) in [6.45, 7) is 3.79. The number of nitrogens with zero attached hydrogens (tertiary/aromatic N) is 2. The molecule has 6 N–H and O–H groups in total. The Labute approximate surface area is 100 Å². The van der Waals surface area contributed by atoms with Crippen LogP contribution in [-0.2, 0) is 4.79 Å². The number of nitrogen functional groups attached to an aromatic ring is 1. The quantitative estimate of drug-likeness (QED) is 0.574. The molecule has 1 unspecified atom stereocenters. The van der Waals surface area contributed by atoms with Crippen LogP contribution in [0.4, 0.5) is 17.6 Å². The van der Waals surface area contributed by atoms with Gasteiger partial charge in [0.15, 0.2) is 0 Å². The third-order valence-corrected chi connectivity index (χ3v) is 2.28. The lowest BCUT2D eigenvalue weighted by molar-refractivity contribution is -0.119. The number of hydrogen-bond acceptors (Lipinski definition) is 6. The molecule has 0 aliphatic rings. The Kier molecular flexibility index (Phi) is 4.08. The molecule has 0 saturated carbocycles. The summed E-state index contributed by atoms with van der Waals surface area (Å²) in [5.74, 6) is 0.808. The van der Waals surface area contributed by atoms with Gasteiger partial charge < -0.3 is 22.1 Å². The Hall–Kier alpha value is -2.05. The third-order valence-electron chi connectivity index (χ3n) is 2.28. The number of primary amides is 1. The molecule has 0 aromatic carbocycles. The van der Waals surface area contributed by atoms with Crippen LogP contribution in [0.2, 0.25) is 0 Å². The fourth-order valence-corrected chi connectivity index (χ4v) is 1.39. The topological polar surface area (TPSA) is 119 Å². The lowest BCUT2D eigenvalue weighted by atomic mass is 10.0. The van der Waals surface area contributed by atoms with Crippen LogP contribution in [0, 0.1) is 5.92 Å². The molecule has 1 amide bonds. The number of anilines is 3. The van der Waals surface area contributed by atoms with E-state index < -0.39 is 11.9 Å². The van der Waals surface area contributed by atoms with Gasteiger partial charge in [0.2, 0.25) is 11.9 Å². The van der Waals surface area contributed by atoms with E-state index in [-0.39, 0.29) is 11.9 Å². The van der Waals surface area contributed by atoms with Gasteiger partial charge in [-0.3, -0.25) is 4.79 Å². The number of carbonyl (C=O) groups excluding carboxylic acids is 1. The van der Waals surface area contributed by atoms with Crippen molar-refractivity contribution in [1.29, 1.82) is 0 Å². The summed E-state index contributed by atoms with van der Waals surface area (Å²) in [5.41, 5.74) is 10.8. The second kappa shape index (κ2) is 5.33. The Morgan fingerprint density at radius 3 is 2.41 bits per heavy atom. The van der Waals surface area contributed by atoms with Crippen LogP contribution < -0.4 is 22.1 Å². The number of rotatable bonds is 5. The molecular formula is C10H18N6O. The third kappa shape index (κ3) is 3.47.